The quantitative estimate of drug-likeness (QED) is 0.278. The number of rotatable bonds is 4. The zero-order valence-electron chi connectivity index (χ0n) is 17.7. The Morgan fingerprint density at radius 3 is 0.828 bits per heavy atom. The van der Waals surface area contributed by atoms with E-state index in [1.807, 2.05) is 0 Å². The molecule has 2 rings (SSSR count). The van der Waals surface area contributed by atoms with Crippen LogP contribution in [0.1, 0.15) is 11.1 Å². The van der Waals surface area contributed by atoms with Crippen LogP contribution in [-0.4, -0.2) is 51.3 Å². The fourth-order valence-electron chi connectivity index (χ4n) is 2.26. The summed E-state index contributed by atoms with van der Waals surface area (Å²) in [6.45, 7) is 2.20. The van der Waals surface area contributed by atoms with Crippen LogP contribution in [0.25, 0.3) is 0 Å². The first-order valence-corrected chi connectivity index (χ1v) is 7.84. The molecule has 0 heterocycles. The predicted octanol–water partition coefficient (Wildman–Crippen LogP) is -14.2. The van der Waals surface area contributed by atoms with Crippen LogP contribution in [-0.2, 0) is 34.2 Å². The molecule has 0 aliphatic rings. The van der Waals surface area contributed by atoms with E-state index >= 15 is 0 Å². The summed E-state index contributed by atoms with van der Waals surface area (Å²) in [5.41, 5.74) is 2.81. The maximum Gasteiger partial charge on any atom is 0.104 e. The molecule has 0 atom stereocenters. The van der Waals surface area contributed by atoms with Crippen molar-refractivity contribution < 1.29 is 104 Å². The van der Waals surface area contributed by atoms with Gasteiger partial charge in [0.05, 0.1) is 42.3 Å². The Hall–Kier alpha value is 0.788. The van der Waals surface area contributed by atoms with E-state index < -0.39 is 0 Å². The smallest absolute Gasteiger partial charge is 0.104 e. The molecule has 0 saturated heterocycles. The molecule has 2 aromatic carbocycles. The summed E-state index contributed by atoms with van der Waals surface area (Å²) in [7, 11) is 13.2. The van der Waals surface area contributed by atoms with Crippen molar-refractivity contribution in [1.29, 1.82) is 0 Å². The Morgan fingerprint density at radius 2 is 0.655 bits per heavy atom. The number of hydrogen-bond acceptors (Lipinski definition) is 0. The Morgan fingerprint density at radius 1 is 0.448 bits per heavy atom. The van der Waals surface area contributed by atoms with E-state index in [9.17, 15) is 0 Å². The Bertz CT molecular complexity index is 495. The van der Waals surface area contributed by atoms with Crippen molar-refractivity contribution in [3.63, 3.8) is 0 Å². The van der Waals surface area contributed by atoms with Crippen molar-refractivity contribution in [2.75, 3.05) is 42.3 Å². The van der Waals surface area contributed by atoms with E-state index in [-0.39, 0.29) is 95.5 Å². The van der Waals surface area contributed by atoms with Gasteiger partial charge in [-0.3, -0.25) is 0 Å². The Kier molecular flexibility index (Phi) is 38.4. The molecule has 0 spiro atoms. The number of hydrogen-bond donors (Lipinski definition) is 0. The van der Waals surface area contributed by atoms with Gasteiger partial charge in [0.1, 0.15) is 13.1 Å². The van der Waals surface area contributed by atoms with E-state index in [0.29, 0.717) is 0 Å². The molecule has 0 saturated carbocycles. The fraction of sp³-hybridized carbons (Fsp3) is 0.400. The molecule has 0 bridgehead atoms. The second kappa shape index (κ2) is 23.5. The van der Waals surface area contributed by atoms with Crippen LogP contribution in [0.15, 0.2) is 60.7 Å². The van der Waals surface area contributed by atoms with Crippen molar-refractivity contribution in [3.05, 3.63) is 71.8 Å². The van der Waals surface area contributed by atoms with Gasteiger partial charge in [0, 0.05) is 32.2 Å². The summed E-state index contributed by atoms with van der Waals surface area (Å²) in [4.78, 5) is 0. The SMILES string of the molecule is C[N+](C)(C)Cc1ccccc1.C[N+](C)(C)Cc1ccccc1.[Cl-].[Cl-].[Cl-].[Cl-].[Cl-].[Cl-].[Pt]. The molecule has 0 fully saturated rings. The van der Waals surface area contributed by atoms with E-state index in [1.54, 1.807) is 0 Å². The molecule has 0 aliphatic heterocycles. The molecule has 0 radical (unpaired) electrons. The molecule has 0 aliphatic carbocycles. The van der Waals surface area contributed by atoms with Crippen LogP contribution < -0.4 is 74.4 Å². The molecule has 0 unspecified atom stereocenters. The van der Waals surface area contributed by atoms with Gasteiger partial charge in [-0.05, 0) is 0 Å². The minimum absolute atomic E-state index is 0. The number of halogens is 6. The van der Waals surface area contributed by atoms with Gasteiger partial charge in [0.2, 0.25) is 0 Å². The summed E-state index contributed by atoms with van der Waals surface area (Å²) < 4.78 is 1.98. The van der Waals surface area contributed by atoms with Gasteiger partial charge in [-0.25, -0.2) is 0 Å². The second-order valence-electron chi connectivity index (χ2n) is 7.87. The van der Waals surface area contributed by atoms with Crippen LogP contribution in [0.3, 0.4) is 0 Å². The van der Waals surface area contributed by atoms with Crippen LogP contribution in [0.4, 0.5) is 0 Å². The van der Waals surface area contributed by atoms with E-state index in [0.717, 1.165) is 22.1 Å². The first kappa shape index (κ1) is 47.5. The van der Waals surface area contributed by atoms with Gasteiger partial charge in [0.15, 0.2) is 0 Å². The zero-order valence-corrected chi connectivity index (χ0v) is 24.5. The Balaban J connectivity index is -0.0000000538. The molecular weight excluding hydrogens is 676 g/mol. The van der Waals surface area contributed by atoms with Gasteiger partial charge in [-0.15, -0.1) is 0 Å². The molecule has 0 N–H and O–H groups in total. The molecule has 2 nitrogen and oxygen atoms in total. The largest absolute Gasteiger partial charge is 1.00 e. The van der Waals surface area contributed by atoms with Gasteiger partial charge in [-0.2, -0.15) is 0 Å². The van der Waals surface area contributed by atoms with Crippen LogP contribution in [0.2, 0.25) is 0 Å². The summed E-state index contributed by atoms with van der Waals surface area (Å²) >= 11 is 0. The third-order valence-corrected chi connectivity index (χ3v) is 3.00. The summed E-state index contributed by atoms with van der Waals surface area (Å²) in [6, 6.07) is 21.1. The first-order chi connectivity index (χ1) is 10.2. The van der Waals surface area contributed by atoms with Crippen LogP contribution in [0, 0.1) is 0 Å². The first-order valence-electron chi connectivity index (χ1n) is 7.84. The molecular formula is C20H32Cl6N2Pt-4. The fourth-order valence-corrected chi connectivity index (χ4v) is 2.26. The van der Waals surface area contributed by atoms with E-state index in [1.165, 1.54) is 11.1 Å². The van der Waals surface area contributed by atoms with E-state index in [4.69, 9.17) is 0 Å². The standard InChI is InChI=1S/2C10H16N.6ClH.Pt/c2*1-11(2,3)9-10-7-5-4-6-8-10;;;;;;;/h2*4-8H,9H2,1-3H3;6*1H;/q2*+1;;;;;;;/p-6. The number of quaternary nitrogens is 2. The molecule has 2 aromatic rings. The van der Waals surface area contributed by atoms with Crippen molar-refractivity contribution in [2.24, 2.45) is 0 Å². The van der Waals surface area contributed by atoms with E-state index in [2.05, 4.69) is 103 Å². The van der Waals surface area contributed by atoms with Crippen molar-refractivity contribution >= 4 is 0 Å². The topological polar surface area (TPSA) is 0 Å². The minimum Gasteiger partial charge on any atom is -1.00 e. The molecule has 29 heavy (non-hydrogen) atoms. The average Bonchev–Trinajstić information content (AvgIpc) is 2.38. The third-order valence-electron chi connectivity index (χ3n) is 3.00. The van der Waals surface area contributed by atoms with Gasteiger partial charge in [0.25, 0.3) is 0 Å². The monoisotopic (exact) mass is 705 g/mol. The maximum atomic E-state index is 2.20. The zero-order chi connectivity index (χ0) is 16.6. The second-order valence-corrected chi connectivity index (χ2v) is 7.87. The minimum atomic E-state index is 0. The number of benzene rings is 2. The van der Waals surface area contributed by atoms with Gasteiger partial charge in [-0.1, -0.05) is 60.7 Å². The van der Waals surface area contributed by atoms with Crippen molar-refractivity contribution in [3.8, 4) is 0 Å². The van der Waals surface area contributed by atoms with Crippen molar-refractivity contribution in [1.82, 2.24) is 0 Å². The summed E-state index contributed by atoms with van der Waals surface area (Å²) in [5.74, 6) is 0. The molecule has 178 valence electrons. The summed E-state index contributed by atoms with van der Waals surface area (Å²) in [6.07, 6.45) is 0. The summed E-state index contributed by atoms with van der Waals surface area (Å²) in [5, 5.41) is 0. The number of nitrogens with zero attached hydrogens (tertiary/aromatic N) is 2. The third kappa shape index (κ3) is 28.8. The maximum absolute atomic E-state index is 2.20. The predicted molar refractivity (Wildman–Crippen MR) is 96.4 cm³/mol. The Labute approximate surface area is 230 Å². The normalized spacial score (nSPS) is 8.76. The molecule has 9 heteroatoms. The van der Waals surface area contributed by atoms with Crippen LogP contribution >= 0.6 is 0 Å². The van der Waals surface area contributed by atoms with Gasteiger partial charge < -0.3 is 83.4 Å². The van der Waals surface area contributed by atoms with Crippen molar-refractivity contribution in [2.45, 2.75) is 13.1 Å². The molecule has 0 aromatic heterocycles. The van der Waals surface area contributed by atoms with Gasteiger partial charge >= 0.3 is 0 Å². The average molecular weight is 708 g/mol. The van der Waals surface area contributed by atoms with Crippen LogP contribution in [0.5, 0.6) is 0 Å². The molecule has 0 amide bonds.